The van der Waals surface area contributed by atoms with E-state index in [1.807, 2.05) is 13.0 Å². The molecule has 0 aliphatic heterocycles. The Kier molecular flexibility index (Phi) is 3.48. The SMILES string of the molecule is Cc1ccc(NC(=O)c2ccc(Cl)cn2)c(N)c1. The Hall–Kier alpha value is -2.07. The van der Waals surface area contributed by atoms with E-state index in [9.17, 15) is 4.79 Å². The predicted octanol–water partition coefficient (Wildman–Crippen LogP) is 2.88. The number of halogens is 1. The first-order chi connectivity index (χ1) is 8.56. The standard InChI is InChI=1S/C13H12ClN3O/c1-8-2-4-11(10(15)6-8)17-13(18)12-5-3-9(14)7-16-12/h2-7H,15H2,1H3,(H,17,18). The molecule has 0 unspecified atom stereocenters. The van der Waals surface area contributed by atoms with Crippen molar-refractivity contribution in [2.24, 2.45) is 0 Å². The second-order valence-corrected chi connectivity index (χ2v) is 4.34. The average Bonchev–Trinajstić information content (AvgIpc) is 2.33. The molecule has 2 aromatic rings. The molecule has 5 heteroatoms. The van der Waals surface area contributed by atoms with Crippen LogP contribution in [0.4, 0.5) is 11.4 Å². The van der Waals surface area contributed by atoms with Crippen molar-refractivity contribution in [1.82, 2.24) is 4.98 Å². The van der Waals surface area contributed by atoms with Gasteiger partial charge in [0.15, 0.2) is 0 Å². The molecule has 0 saturated heterocycles. The fraction of sp³-hybridized carbons (Fsp3) is 0.0769. The van der Waals surface area contributed by atoms with Gasteiger partial charge in [-0.25, -0.2) is 4.98 Å². The first-order valence-electron chi connectivity index (χ1n) is 5.35. The molecule has 0 radical (unpaired) electrons. The fourth-order valence-electron chi connectivity index (χ4n) is 1.49. The van der Waals surface area contributed by atoms with Crippen molar-refractivity contribution in [2.75, 3.05) is 11.1 Å². The molecule has 3 N–H and O–H groups in total. The number of hydrogen-bond acceptors (Lipinski definition) is 3. The van der Waals surface area contributed by atoms with E-state index in [4.69, 9.17) is 17.3 Å². The van der Waals surface area contributed by atoms with Gasteiger partial charge in [-0.15, -0.1) is 0 Å². The molecule has 0 spiro atoms. The minimum Gasteiger partial charge on any atom is -0.397 e. The summed E-state index contributed by atoms with van der Waals surface area (Å²) in [6.45, 7) is 1.93. The summed E-state index contributed by atoms with van der Waals surface area (Å²) < 4.78 is 0. The van der Waals surface area contributed by atoms with Crippen molar-refractivity contribution in [3.05, 3.63) is 52.8 Å². The van der Waals surface area contributed by atoms with E-state index < -0.39 is 0 Å². The lowest BCUT2D eigenvalue weighted by Crippen LogP contribution is -2.14. The number of rotatable bonds is 2. The molecular weight excluding hydrogens is 250 g/mol. The van der Waals surface area contributed by atoms with E-state index >= 15 is 0 Å². The third-order valence-electron chi connectivity index (χ3n) is 2.42. The van der Waals surface area contributed by atoms with Crippen molar-refractivity contribution < 1.29 is 4.79 Å². The summed E-state index contributed by atoms with van der Waals surface area (Å²) in [5, 5.41) is 3.19. The third kappa shape index (κ3) is 2.78. The first-order valence-corrected chi connectivity index (χ1v) is 5.73. The maximum Gasteiger partial charge on any atom is 0.274 e. The number of carbonyl (C=O) groups excluding carboxylic acids is 1. The fourth-order valence-corrected chi connectivity index (χ4v) is 1.60. The summed E-state index contributed by atoms with van der Waals surface area (Å²) in [5.41, 5.74) is 8.24. The summed E-state index contributed by atoms with van der Waals surface area (Å²) in [6.07, 6.45) is 1.43. The number of aryl methyl sites for hydroxylation is 1. The Labute approximate surface area is 110 Å². The normalized spacial score (nSPS) is 10.1. The third-order valence-corrected chi connectivity index (χ3v) is 2.64. The number of pyridine rings is 1. The van der Waals surface area contributed by atoms with E-state index in [1.165, 1.54) is 6.20 Å². The van der Waals surface area contributed by atoms with Gasteiger partial charge in [0.2, 0.25) is 0 Å². The Morgan fingerprint density at radius 1 is 1.33 bits per heavy atom. The monoisotopic (exact) mass is 261 g/mol. The number of anilines is 2. The smallest absolute Gasteiger partial charge is 0.274 e. The van der Waals surface area contributed by atoms with Gasteiger partial charge in [-0.2, -0.15) is 0 Å². The lowest BCUT2D eigenvalue weighted by atomic mass is 10.2. The number of nitrogen functional groups attached to an aromatic ring is 1. The number of hydrogen-bond donors (Lipinski definition) is 2. The number of benzene rings is 1. The Bertz CT molecular complexity index is 581. The van der Waals surface area contributed by atoms with Gasteiger partial charge in [-0.3, -0.25) is 4.79 Å². The largest absolute Gasteiger partial charge is 0.397 e. The average molecular weight is 262 g/mol. The van der Waals surface area contributed by atoms with Crippen LogP contribution in [0.5, 0.6) is 0 Å². The number of nitrogens with one attached hydrogen (secondary N) is 1. The van der Waals surface area contributed by atoms with Gasteiger partial charge in [0.05, 0.1) is 16.4 Å². The molecule has 0 aliphatic carbocycles. The molecule has 0 fully saturated rings. The van der Waals surface area contributed by atoms with Gasteiger partial charge in [-0.05, 0) is 36.8 Å². The molecule has 2 rings (SSSR count). The number of aromatic nitrogens is 1. The molecule has 0 saturated carbocycles. The van der Waals surface area contributed by atoms with Crippen LogP contribution < -0.4 is 11.1 Å². The van der Waals surface area contributed by atoms with E-state index in [0.717, 1.165) is 5.56 Å². The van der Waals surface area contributed by atoms with E-state index in [1.54, 1.807) is 24.3 Å². The van der Waals surface area contributed by atoms with Crippen molar-refractivity contribution in [3.8, 4) is 0 Å². The second-order valence-electron chi connectivity index (χ2n) is 3.91. The molecule has 92 valence electrons. The van der Waals surface area contributed by atoms with Crippen LogP contribution in [-0.2, 0) is 0 Å². The van der Waals surface area contributed by atoms with Gasteiger partial charge in [0.1, 0.15) is 5.69 Å². The van der Waals surface area contributed by atoms with E-state index in [-0.39, 0.29) is 5.91 Å². The zero-order valence-corrected chi connectivity index (χ0v) is 10.5. The van der Waals surface area contributed by atoms with Gasteiger partial charge >= 0.3 is 0 Å². The summed E-state index contributed by atoms with van der Waals surface area (Å²) >= 11 is 5.70. The van der Waals surface area contributed by atoms with Crippen molar-refractivity contribution in [3.63, 3.8) is 0 Å². The molecule has 18 heavy (non-hydrogen) atoms. The molecule has 0 bridgehead atoms. The molecule has 0 aliphatic rings. The van der Waals surface area contributed by atoms with Crippen LogP contribution in [0, 0.1) is 6.92 Å². The van der Waals surface area contributed by atoms with Crippen molar-refractivity contribution in [2.45, 2.75) is 6.92 Å². The van der Waals surface area contributed by atoms with Gasteiger partial charge in [0.25, 0.3) is 5.91 Å². The molecule has 1 aromatic carbocycles. The van der Waals surface area contributed by atoms with Gasteiger partial charge < -0.3 is 11.1 Å². The summed E-state index contributed by atoms with van der Waals surface area (Å²) in [7, 11) is 0. The number of amides is 1. The maximum atomic E-state index is 11.9. The number of nitrogens with two attached hydrogens (primary N) is 1. The lowest BCUT2D eigenvalue weighted by Gasteiger charge is -2.08. The van der Waals surface area contributed by atoms with Crippen LogP contribution in [0.3, 0.4) is 0 Å². The highest BCUT2D eigenvalue weighted by atomic mass is 35.5. The van der Waals surface area contributed by atoms with Gasteiger partial charge in [0, 0.05) is 6.20 Å². The van der Waals surface area contributed by atoms with Crippen LogP contribution in [-0.4, -0.2) is 10.9 Å². The Morgan fingerprint density at radius 3 is 2.72 bits per heavy atom. The highest BCUT2D eigenvalue weighted by Crippen LogP contribution is 2.20. The summed E-state index contributed by atoms with van der Waals surface area (Å²) in [6, 6.07) is 8.61. The Morgan fingerprint density at radius 2 is 2.11 bits per heavy atom. The van der Waals surface area contributed by atoms with Gasteiger partial charge in [-0.1, -0.05) is 17.7 Å². The lowest BCUT2D eigenvalue weighted by molar-refractivity contribution is 0.102. The molecular formula is C13H12ClN3O. The summed E-state index contributed by atoms with van der Waals surface area (Å²) in [5.74, 6) is -0.317. The molecule has 0 atom stereocenters. The van der Waals surface area contributed by atoms with Crippen LogP contribution >= 0.6 is 11.6 Å². The highest BCUT2D eigenvalue weighted by molar-refractivity contribution is 6.30. The Balaban J connectivity index is 2.18. The highest BCUT2D eigenvalue weighted by Gasteiger charge is 2.09. The van der Waals surface area contributed by atoms with E-state index in [2.05, 4.69) is 10.3 Å². The molecule has 4 nitrogen and oxygen atoms in total. The first kappa shape index (κ1) is 12.4. The van der Waals surface area contributed by atoms with Crippen LogP contribution in [0.1, 0.15) is 16.1 Å². The minimum absolute atomic E-state index is 0.291. The van der Waals surface area contributed by atoms with Crippen LogP contribution in [0.15, 0.2) is 36.5 Å². The van der Waals surface area contributed by atoms with Crippen molar-refractivity contribution >= 4 is 28.9 Å². The molecule has 1 amide bonds. The molecule has 1 aromatic heterocycles. The van der Waals surface area contributed by atoms with Crippen LogP contribution in [0.25, 0.3) is 0 Å². The minimum atomic E-state index is -0.317. The molecule has 1 heterocycles. The predicted molar refractivity (Wildman–Crippen MR) is 72.8 cm³/mol. The summed E-state index contributed by atoms with van der Waals surface area (Å²) in [4.78, 5) is 15.8. The number of carbonyl (C=O) groups is 1. The zero-order chi connectivity index (χ0) is 13.1. The quantitative estimate of drug-likeness (QED) is 0.817. The van der Waals surface area contributed by atoms with E-state index in [0.29, 0.717) is 22.1 Å². The maximum absolute atomic E-state index is 11.9. The zero-order valence-electron chi connectivity index (χ0n) is 9.77. The second kappa shape index (κ2) is 5.06. The van der Waals surface area contributed by atoms with Crippen molar-refractivity contribution in [1.29, 1.82) is 0 Å². The topological polar surface area (TPSA) is 68.0 Å². The number of nitrogens with zero attached hydrogens (tertiary/aromatic N) is 1. The van der Waals surface area contributed by atoms with Crippen LogP contribution in [0.2, 0.25) is 5.02 Å².